The van der Waals surface area contributed by atoms with Gasteiger partial charge in [0.1, 0.15) is 11.5 Å². The van der Waals surface area contributed by atoms with Crippen molar-refractivity contribution >= 4 is 27.8 Å². The zero-order chi connectivity index (χ0) is 25.6. The number of ether oxygens (including phenoxy) is 2. The highest BCUT2D eigenvalue weighted by molar-refractivity contribution is 9.10. The Morgan fingerprint density at radius 1 is 0.943 bits per heavy atom. The minimum Gasteiger partial charge on any atom is -0.496 e. The number of rotatable bonds is 17. The number of nitrogens with two attached hydrogens (primary N) is 1. The number of hydrogen-bond donors (Lipinski definition) is 2. The Morgan fingerprint density at radius 3 is 2.14 bits per heavy atom. The van der Waals surface area contributed by atoms with Crippen LogP contribution in [0.5, 0.6) is 11.5 Å². The van der Waals surface area contributed by atoms with Crippen LogP contribution in [0.15, 0.2) is 34.8 Å². The van der Waals surface area contributed by atoms with E-state index >= 15 is 0 Å². The molecule has 0 aliphatic heterocycles. The summed E-state index contributed by atoms with van der Waals surface area (Å²) in [5.41, 5.74) is 8.14. The molecule has 0 fully saturated rings. The maximum atomic E-state index is 12.3. The Balaban J connectivity index is 2.16. The predicted molar refractivity (Wildman–Crippen MR) is 143 cm³/mol. The van der Waals surface area contributed by atoms with Gasteiger partial charge in [0.05, 0.1) is 17.1 Å². The SMILES string of the molecule is CCCCCCCCCCCCc1cc(Br)c(OCC(=O)O)c(-c2cccc(OC)c2C(N)=O)c1. The van der Waals surface area contributed by atoms with Crippen molar-refractivity contribution in [1.82, 2.24) is 0 Å². The summed E-state index contributed by atoms with van der Waals surface area (Å²) in [6.45, 7) is 1.74. The maximum Gasteiger partial charge on any atom is 0.341 e. The summed E-state index contributed by atoms with van der Waals surface area (Å²) in [6.07, 6.45) is 13.5. The summed E-state index contributed by atoms with van der Waals surface area (Å²) < 4.78 is 11.6. The van der Waals surface area contributed by atoms with Crippen LogP contribution < -0.4 is 15.2 Å². The second kappa shape index (κ2) is 15.5. The average molecular weight is 549 g/mol. The molecule has 2 aromatic carbocycles. The number of aliphatic carboxylic acids is 1. The number of hydrogen-bond acceptors (Lipinski definition) is 4. The number of methoxy groups -OCH3 is 1. The van der Waals surface area contributed by atoms with Crippen molar-refractivity contribution in [2.75, 3.05) is 13.7 Å². The van der Waals surface area contributed by atoms with E-state index in [4.69, 9.17) is 20.3 Å². The van der Waals surface area contributed by atoms with Crippen molar-refractivity contribution in [2.24, 2.45) is 5.73 Å². The van der Waals surface area contributed by atoms with Gasteiger partial charge in [-0.05, 0) is 52.5 Å². The molecule has 0 bridgehead atoms. The smallest absolute Gasteiger partial charge is 0.341 e. The minimum atomic E-state index is -1.09. The van der Waals surface area contributed by atoms with Crippen LogP contribution in [0.3, 0.4) is 0 Å². The van der Waals surface area contributed by atoms with E-state index in [2.05, 4.69) is 22.9 Å². The van der Waals surface area contributed by atoms with Crippen molar-refractivity contribution in [3.05, 3.63) is 45.9 Å². The first-order valence-corrected chi connectivity index (χ1v) is 13.3. The van der Waals surface area contributed by atoms with Crippen LogP contribution in [0.2, 0.25) is 0 Å². The Hall–Kier alpha value is -2.54. The molecule has 0 atom stereocenters. The lowest BCUT2D eigenvalue weighted by Gasteiger charge is -2.18. The molecular weight excluding hydrogens is 510 g/mol. The second-order valence-corrected chi connectivity index (χ2v) is 9.67. The Morgan fingerprint density at radius 2 is 1.57 bits per heavy atom. The average Bonchev–Trinajstić information content (AvgIpc) is 2.83. The number of carboxylic acid groups (broad SMARTS) is 1. The zero-order valence-electron chi connectivity index (χ0n) is 20.9. The molecule has 0 spiro atoms. The van der Waals surface area contributed by atoms with Crippen molar-refractivity contribution in [2.45, 2.75) is 77.6 Å². The number of carboxylic acids is 1. The third-order valence-electron chi connectivity index (χ3n) is 6.05. The van der Waals surface area contributed by atoms with Gasteiger partial charge < -0.3 is 20.3 Å². The molecule has 7 heteroatoms. The summed E-state index contributed by atoms with van der Waals surface area (Å²) in [4.78, 5) is 23.4. The number of carbonyl (C=O) groups excluding carboxylic acids is 1. The van der Waals surface area contributed by atoms with Gasteiger partial charge in [-0.2, -0.15) is 0 Å². The number of aryl methyl sites for hydroxylation is 1. The minimum absolute atomic E-state index is 0.234. The van der Waals surface area contributed by atoms with E-state index in [0.29, 0.717) is 27.1 Å². The topological polar surface area (TPSA) is 98.8 Å². The van der Waals surface area contributed by atoms with E-state index in [1.807, 2.05) is 12.1 Å². The number of amides is 1. The monoisotopic (exact) mass is 547 g/mol. The fourth-order valence-electron chi connectivity index (χ4n) is 4.27. The lowest BCUT2D eigenvalue weighted by Crippen LogP contribution is -2.15. The Bertz CT molecular complexity index is 976. The molecule has 0 aromatic heterocycles. The van der Waals surface area contributed by atoms with E-state index < -0.39 is 18.5 Å². The van der Waals surface area contributed by atoms with Crippen LogP contribution in [0.1, 0.15) is 87.1 Å². The third-order valence-corrected chi connectivity index (χ3v) is 6.63. The molecule has 192 valence electrons. The summed E-state index contributed by atoms with van der Waals surface area (Å²) in [6, 6.07) is 9.12. The second-order valence-electron chi connectivity index (χ2n) is 8.82. The number of halogens is 1. The highest BCUT2D eigenvalue weighted by Crippen LogP contribution is 2.41. The first-order chi connectivity index (χ1) is 16.9. The molecule has 0 saturated heterocycles. The number of unbranched alkanes of at least 4 members (excludes halogenated alkanes) is 9. The molecule has 3 N–H and O–H groups in total. The summed E-state index contributed by atoms with van der Waals surface area (Å²) in [7, 11) is 1.48. The van der Waals surface area contributed by atoms with Crippen LogP contribution in [0.25, 0.3) is 11.1 Å². The van der Waals surface area contributed by atoms with Gasteiger partial charge in [0.15, 0.2) is 6.61 Å². The Kier molecular flexibility index (Phi) is 12.7. The molecule has 2 rings (SSSR count). The van der Waals surface area contributed by atoms with Gasteiger partial charge in [0.2, 0.25) is 0 Å². The van der Waals surface area contributed by atoms with Crippen molar-refractivity contribution in [3.8, 4) is 22.6 Å². The molecular formula is C28H38BrNO5. The largest absolute Gasteiger partial charge is 0.496 e. The lowest BCUT2D eigenvalue weighted by atomic mass is 9.94. The van der Waals surface area contributed by atoms with E-state index in [1.165, 1.54) is 58.5 Å². The molecule has 6 nitrogen and oxygen atoms in total. The molecule has 0 heterocycles. The van der Waals surface area contributed by atoms with Crippen molar-refractivity contribution in [1.29, 1.82) is 0 Å². The van der Waals surface area contributed by atoms with Gasteiger partial charge in [-0.3, -0.25) is 4.79 Å². The summed E-state index contributed by atoms with van der Waals surface area (Å²) in [5.74, 6) is -0.999. The number of carbonyl (C=O) groups is 2. The molecule has 0 saturated carbocycles. The molecule has 0 radical (unpaired) electrons. The van der Waals surface area contributed by atoms with Crippen LogP contribution in [-0.2, 0) is 11.2 Å². The molecule has 35 heavy (non-hydrogen) atoms. The first-order valence-electron chi connectivity index (χ1n) is 12.5. The summed E-state index contributed by atoms with van der Waals surface area (Å²) >= 11 is 3.55. The standard InChI is InChI=1S/C28H38BrNO5/c1-3-4-5-6-7-8-9-10-11-12-14-20-17-22(27(23(29)18-20)35-19-25(31)32)21-15-13-16-24(34-2)26(21)28(30)33/h13,15-18H,3-12,14,19H2,1-2H3,(H2,30,33)(H,31,32). The van der Waals surface area contributed by atoms with Gasteiger partial charge in [-0.25, -0.2) is 4.79 Å². The molecule has 0 aliphatic carbocycles. The number of benzene rings is 2. The van der Waals surface area contributed by atoms with E-state index in [-0.39, 0.29) is 5.56 Å². The quantitative estimate of drug-likeness (QED) is 0.205. The number of primary amides is 1. The van der Waals surface area contributed by atoms with Crippen LogP contribution in [-0.4, -0.2) is 30.7 Å². The van der Waals surface area contributed by atoms with Gasteiger partial charge >= 0.3 is 5.97 Å². The predicted octanol–water partition coefficient (Wildman–Crippen LogP) is 7.15. The van der Waals surface area contributed by atoms with Crippen LogP contribution in [0, 0.1) is 0 Å². The highest BCUT2D eigenvalue weighted by atomic mass is 79.9. The summed E-state index contributed by atoms with van der Waals surface area (Å²) in [5, 5.41) is 9.13. The van der Waals surface area contributed by atoms with Crippen molar-refractivity contribution < 1.29 is 24.2 Å². The lowest BCUT2D eigenvalue weighted by molar-refractivity contribution is -0.139. The zero-order valence-corrected chi connectivity index (χ0v) is 22.5. The van der Waals surface area contributed by atoms with Crippen LogP contribution >= 0.6 is 15.9 Å². The van der Waals surface area contributed by atoms with Crippen molar-refractivity contribution in [3.63, 3.8) is 0 Å². The van der Waals surface area contributed by atoms with Gasteiger partial charge in [0, 0.05) is 11.1 Å². The molecule has 1 amide bonds. The van der Waals surface area contributed by atoms with E-state index in [0.717, 1.165) is 24.8 Å². The fraction of sp³-hybridized carbons (Fsp3) is 0.500. The normalized spacial score (nSPS) is 10.8. The van der Waals surface area contributed by atoms with Gasteiger partial charge in [-0.1, -0.05) is 76.8 Å². The van der Waals surface area contributed by atoms with Crippen LogP contribution in [0.4, 0.5) is 0 Å². The maximum absolute atomic E-state index is 12.3. The molecule has 0 aliphatic rings. The Labute approximate surface area is 217 Å². The van der Waals surface area contributed by atoms with E-state index in [9.17, 15) is 9.59 Å². The first kappa shape index (κ1) is 28.7. The molecule has 2 aromatic rings. The van der Waals surface area contributed by atoms with Gasteiger partial charge in [0.25, 0.3) is 5.91 Å². The van der Waals surface area contributed by atoms with Gasteiger partial charge in [-0.15, -0.1) is 0 Å². The molecule has 0 unspecified atom stereocenters. The fourth-order valence-corrected chi connectivity index (χ4v) is 4.89. The van der Waals surface area contributed by atoms with E-state index in [1.54, 1.807) is 18.2 Å². The third kappa shape index (κ3) is 9.21. The highest BCUT2D eigenvalue weighted by Gasteiger charge is 2.21.